The highest BCUT2D eigenvalue weighted by Crippen LogP contribution is 2.27. The third kappa shape index (κ3) is 2.70. The van der Waals surface area contributed by atoms with E-state index in [4.69, 9.17) is 5.26 Å². The van der Waals surface area contributed by atoms with Gasteiger partial charge in [-0.2, -0.15) is 5.26 Å². The van der Waals surface area contributed by atoms with Crippen LogP contribution in [0.3, 0.4) is 0 Å². The highest BCUT2D eigenvalue weighted by molar-refractivity contribution is 7.91. The summed E-state index contributed by atoms with van der Waals surface area (Å²) in [6.07, 6.45) is 5.64. The Labute approximate surface area is 79.7 Å². The Balaban J connectivity index is 2.85. The van der Waals surface area contributed by atoms with Crippen molar-refractivity contribution in [3.8, 4) is 6.07 Å². The van der Waals surface area contributed by atoms with Crippen LogP contribution >= 0.6 is 0 Å². The number of nitriles is 1. The second-order valence-electron chi connectivity index (χ2n) is 3.74. The van der Waals surface area contributed by atoms with Crippen molar-refractivity contribution in [1.29, 1.82) is 5.26 Å². The molecule has 1 rings (SSSR count). The zero-order valence-corrected chi connectivity index (χ0v) is 8.68. The molecule has 1 fully saturated rings. The maximum absolute atomic E-state index is 11.4. The predicted octanol–water partition coefficient (Wildman–Crippen LogP) is 1.50. The Kier molecular flexibility index (Phi) is 3.32. The van der Waals surface area contributed by atoms with Gasteiger partial charge in [0.2, 0.25) is 0 Å². The van der Waals surface area contributed by atoms with E-state index in [9.17, 15) is 8.42 Å². The van der Waals surface area contributed by atoms with Gasteiger partial charge in [-0.1, -0.05) is 19.3 Å². The Bertz CT molecular complexity index is 302. The smallest absolute Gasteiger partial charge is 0.151 e. The van der Waals surface area contributed by atoms with E-state index in [-0.39, 0.29) is 5.92 Å². The highest BCUT2D eigenvalue weighted by atomic mass is 32.2. The lowest BCUT2D eigenvalue weighted by Crippen LogP contribution is -2.27. The lowest BCUT2D eigenvalue weighted by atomic mass is 10.0. The molecule has 2 atom stereocenters. The largest absolute Gasteiger partial charge is 0.229 e. The summed E-state index contributed by atoms with van der Waals surface area (Å²) in [5, 5.41) is 8.42. The van der Waals surface area contributed by atoms with Gasteiger partial charge in [-0.15, -0.1) is 0 Å². The lowest BCUT2D eigenvalue weighted by molar-refractivity contribution is 0.527. The normalized spacial score (nSPS) is 30.5. The fourth-order valence-electron chi connectivity index (χ4n) is 1.93. The molecule has 0 aliphatic heterocycles. The summed E-state index contributed by atoms with van der Waals surface area (Å²) in [5.41, 5.74) is 0. The third-order valence-electron chi connectivity index (χ3n) is 2.67. The molecule has 0 N–H and O–H groups in total. The van der Waals surface area contributed by atoms with Crippen molar-refractivity contribution in [2.24, 2.45) is 5.92 Å². The molecule has 0 aromatic carbocycles. The first-order valence-corrected chi connectivity index (χ1v) is 6.59. The van der Waals surface area contributed by atoms with E-state index in [1.165, 1.54) is 6.26 Å². The van der Waals surface area contributed by atoms with Gasteiger partial charge in [-0.05, 0) is 12.8 Å². The number of hydrogen-bond acceptors (Lipinski definition) is 3. The molecule has 0 spiro atoms. The molecular formula is C9H15NO2S. The summed E-state index contributed by atoms with van der Waals surface area (Å²) in [6.45, 7) is 0. The number of rotatable bonds is 1. The second-order valence-corrected chi connectivity index (χ2v) is 6.01. The Hall–Kier alpha value is -0.560. The summed E-state index contributed by atoms with van der Waals surface area (Å²) >= 11 is 0. The van der Waals surface area contributed by atoms with Gasteiger partial charge in [-0.25, -0.2) is 8.42 Å². The summed E-state index contributed by atoms with van der Waals surface area (Å²) in [6, 6.07) is 2.12. The van der Waals surface area contributed by atoms with Crippen molar-refractivity contribution in [1.82, 2.24) is 0 Å². The summed E-state index contributed by atoms with van der Waals surface area (Å²) in [5.74, 6) is -0.280. The van der Waals surface area contributed by atoms with Gasteiger partial charge in [0.05, 0.1) is 17.2 Å². The zero-order chi connectivity index (χ0) is 9.90. The van der Waals surface area contributed by atoms with E-state index >= 15 is 0 Å². The predicted molar refractivity (Wildman–Crippen MR) is 50.8 cm³/mol. The molecule has 0 aromatic heterocycles. The SMILES string of the molecule is CS(=O)(=O)C1CCCCCC1C#N. The molecule has 2 unspecified atom stereocenters. The summed E-state index contributed by atoms with van der Waals surface area (Å²) < 4.78 is 22.7. The van der Waals surface area contributed by atoms with Crippen molar-refractivity contribution in [2.75, 3.05) is 6.26 Å². The molecule has 74 valence electrons. The van der Waals surface area contributed by atoms with Crippen molar-refractivity contribution >= 4 is 9.84 Å². The first-order chi connectivity index (χ1) is 6.05. The summed E-state index contributed by atoms with van der Waals surface area (Å²) in [4.78, 5) is 0. The minimum atomic E-state index is -3.03. The quantitative estimate of drug-likeness (QED) is 0.604. The standard InChI is InChI=1S/C9H15NO2S/c1-13(11,12)9-6-4-2-3-5-8(9)7-10/h8-9H,2-6H2,1H3. The van der Waals surface area contributed by atoms with Crippen molar-refractivity contribution in [2.45, 2.75) is 37.4 Å². The Morgan fingerprint density at radius 2 is 1.85 bits per heavy atom. The monoisotopic (exact) mass is 201 g/mol. The molecule has 1 aliphatic carbocycles. The van der Waals surface area contributed by atoms with Crippen LogP contribution in [0.5, 0.6) is 0 Å². The van der Waals surface area contributed by atoms with E-state index in [0.29, 0.717) is 6.42 Å². The molecule has 0 amide bonds. The summed E-state index contributed by atoms with van der Waals surface area (Å²) in [7, 11) is -3.03. The lowest BCUT2D eigenvalue weighted by Gasteiger charge is -2.16. The minimum Gasteiger partial charge on any atom is -0.229 e. The number of nitrogens with zero attached hydrogens (tertiary/aromatic N) is 1. The van der Waals surface area contributed by atoms with Crippen LogP contribution in [-0.4, -0.2) is 19.9 Å². The van der Waals surface area contributed by atoms with E-state index in [1.807, 2.05) is 0 Å². The van der Waals surface area contributed by atoms with Gasteiger partial charge < -0.3 is 0 Å². The average Bonchev–Trinajstić information content (AvgIpc) is 2.26. The van der Waals surface area contributed by atoms with Crippen LogP contribution in [0, 0.1) is 17.2 Å². The molecule has 3 nitrogen and oxygen atoms in total. The van der Waals surface area contributed by atoms with Gasteiger partial charge in [0, 0.05) is 6.26 Å². The van der Waals surface area contributed by atoms with Crippen LogP contribution in [-0.2, 0) is 9.84 Å². The van der Waals surface area contributed by atoms with E-state index in [1.54, 1.807) is 0 Å². The number of hydrogen-bond donors (Lipinski definition) is 0. The first kappa shape index (κ1) is 10.5. The van der Waals surface area contributed by atoms with Gasteiger partial charge in [0.25, 0.3) is 0 Å². The third-order valence-corrected chi connectivity index (χ3v) is 4.33. The van der Waals surface area contributed by atoms with E-state index < -0.39 is 15.1 Å². The molecule has 1 aliphatic rings. The van der Waals surface area contributed by atoms with Gasteiger partial charge in [-0.3, -0.25) is 0 Å². The van der Waals surface area contributed by atoms with Gasteiger partial charge in [0.15, 0.2) is 9.84 Å². The minimum absolute atomic E-state index is 0.280. The molecule has 0 heterocycles. The Morgan fingerprint density at radius 3 is 2.38 bits per heavy atom. The van der Waals surface area contributed by atoms with Crippen LogP contribution in [0.15, 0.2) is 0 Å². The van der Waals surface area contributed by atoms with Crippen LogP contribution in [0.2, 0.25) is 0 Å². The molecule has 0 radical (unpaired) electrons. The van der Waals surface area contributed by atoms with Gasteiger partial charge in [0.1, 0.15) is 0 Å². The van der Waals surface area contributed by atoms with Crippen molar-refractivity contribution < 1.29 is 8.42 Å². The molecule has 13 heavy (non-hydrogen) atoms. The van der Waals surface area contributed by atoms with E-state index in [2.05, 4.69) is 6.07 Å². The van der Waals surface area contributed by atoms with Crippen molar-refractivity contribution in [3.63, 3.8) is 0 Å². The van der Waals surface area contributed by atoms with E-state index in [0.717, 1.165) is 25.7 Å². The van der Waals surface area contributed by atoms with Gasteiger partial charge >= 0.3 is 0 Å². The topological polar surface area (TPSA) is 57.9 Å². The van der Waals surface area contributed by atoms with Crippen LogP contribution in [0.25, 0.3) is 0 Å². The average molecular weight is 201 g/mol. The maximum Gasteiger partial charge on any atom is 0.151 e. The zero-order valence-electron chi connectivity index (χ0n) is 7.86. The fraction of sp³-hybridized carbons (Fsp3) is 0.889. The molecule has 1 saturated carbocycles. The molecular weight excluding hydrogens is 186 g/mol. The fourth-order valence-corrected chi connectivity index (χ4v) is 3.32. The number of sulfone groups is 1. The highest BCUT2D eigenvalue weighted by Gasteiger charge is 2.31. The molecule has 4 heteroatoms. The molecule has 0 aromatic rings. The Morgan fingerprint density at radius 1 is 1.23 bits per heavy atom. The van der Waals surface area contributed by atoms with Crippen molar-refractivity contribution in [3.05, 3.63) is 0 Å². The second kappa shape index (κ2) is 4.10. The van der Waals surface area contributed by atoms with Crippen LogP contribution in [0.4, 0.5) is 0 Å². The molecule has 0 bridgehead atoms. The molecule has 0 saturated heterocycles. The first-order valence-electron chi connectivity index (χ1n) is 4.64. The van der Waals surface area contributed by atoms with Crippen LogP contribution < -0.4 is 0 Å². The maximum atomic E-state index is 11.4. The van der Waals surface area contributed by atoms with Crippen LogP contribution in [0.1, 0.15) is 32.1 Å².